The van der Waals surface area contributed by atoms with Crippen LogP contribution in [0.5, 0.6) is 0 Å². The van der Waals surface area contributed by atoms with Crippen molar-refractivity contribution in [3.05, 3.63) is 76.1 Å². The number of hydrogen-bond donors (Lipinski definition) is 2. The first-order chi connectivity index (χ1) is 17.5. The van der Waals surface area contributed by atoms with Gasteiger partial charge in [0.15, 0.2) is 5.82 Å². The number of anilines is 2. The summed E-state index contributed by atoms with van der Waals surface area (Å²) in [6.45, 7) is 4.32. The highest BCUT2D eigenvalue weighted by Crippen LogP contribution is 2.38. The van der Waals surface area contributed by atoms with E-state index in [4.69, 9.17) is 0 Å². The predicted molar refractivity (Wildman–Crippen MR) is 137 cm³/mol. The lowest BCUT2D eigenvalue weighted by Crippen LogP contribution is -2.46. The molecule has 0 radical (unpaired) electrons. The summed E-state index contributed by atoms with van der Waals surface area (Å²) in [6.07, 6.45) is 7.64. The minimum Gasteiger partial charge on any atom is -0.368 e. The van der Waals surface area contributed by atoms with Gasteiger partial charge in [-0.2, -0.15) is 5.10 Å². The van der Waals surface area contributed by atoms with Crippen LogP contribution < -0.4 is 15.8 Å². The van der Waals surface area contributed by atoms with Crippen LogP contribution in [0.2, 0.25) is 0 Å². The molecule has 184 valence electrons. The minimum atomic E-state index is -0.279. The Balaban J connectivity index is 1.05. The molecule has 5 heterocycles. The van der Waals surface area contributed by atoms with Gasteiger partial charge < -0.3 is 15.2 Å². The van der Waals surface area contributed by atoms with Crippen LogP contribution in [-0.2, 0) is 13.6 Å². The van der Waals surface area contributed by atoms with Crippen molar-refractivity contribution in [3.8, 4) is 0 Å². The van der Waals surface area contributed by atoms with E-state index in [0.29, 0.717) is 17.4 Å². The van der Waals surface area contributed by atoms with Crippen LogP contribution in [0.15, 0.2) is 53.7 Å². The molecule has 0 atom stereocenters. The second kappa shape index (κ2) is 9.19. The number of fused-ring (bicyclic) bond motifs is 1. The number of pyridine rings is 3. The third kappa shape index (κ3) is 4.72. The molecule has 2 aliphatic rings. The Morgan fingerprint density at radius 3 is 2.61 bits per heavy atom. The second-order valence-electron chi connectivity index (χ2n) is 9.60. The van der Waals surface area contributed by atoms with Crippen LogP contribution in [0.3, 0.4) is 0 Å². The highest BCUT2D eigenvalue weighted by Gasteiger charge is 2.26. The number of piperazine rings is 1. The van der Waals surface area contributed by atoms with Crippen LogP contribution in [0.25, 0.3) is 11.0 Å². The molecule has 1 saturated carbocycles. The number of nitrogens with one attached hydrogen (secondary N) is 2. The smallest absolute Gasteiger partial charge is 0.275 e. The maximum Gasteiger partial charge on any atom is 0.275 e. The van der Waals surface area contributed by atoms with E-state index in [1.54, 1.807) is 36.3 Å². The predicted octanol–water partition coefficient (Wildman–Crippen LogP) is 2.50. The average Bonchev–Trinajstić information content (AvgIpc) is 3.65. The van der Waals surface area contributed by atoms with Gasteiger partial charge in [-0.1, -0.05) is 0 Å². The third-order valence-corrected chi connectivity index (χ3v) is 6.87. The largest absolute Gasteiger partial charge is 0.368 e. The summed E-state index contributed by atoms with van der Waals surface area (Å²) in [5.74, 6) is 0.630. The summed E-state index contributed by atoms with van der Waals surface area (Å²) in [5, 5.41) is 6.91. The molecule has 36 heavy (non-hydrogen) atoms. The van der Waals surface area contributed by atoms with E-state index in [1.807, 2.05) is 24.4 Å². The normalized spacial score (nSPS) is 16.4. The summed E-state index contributed by atoms with van der Waals surface area (Å²) in [6, 6.07) is 9.43. The van der Waals surface area contributed by atoms with Gasteiger partial charge in [0, 0.05) is 63.8 Å². The van der Waals surface area contributed by atoms with Crippen molar-refractivity contribution in [2.45, 2.75) is 25.3 Å². The summed E-state index contributed by atoms with van der Waals surface area (Å²) < 4.78 is 1.63. The van der Waals surface area contributed by atoms with Crippen LogP contribution in [0, 0.1) is 0 Å². The highest BCUT2D eigenvalue weighted by molar-refractivity contribution is 6.02. The van der Waals surface area contributed by atoms with Crippen molar-refractivity contribution < 1.29 is 4.79 Å². The number of aromatic nitrogens is 5. The monoisotopic (exact) mass is 484 g/mol. The molecule has 2 N–H and O–H groups in total. The Morgan fingerprint density at radius 2 is 1.92 bits per heavy atom. The molecule has 0 unspecified atom stereocenters. The second-order valence-corrected chi connectivity index (χ2v) is 9.60. The standard InChI is InChI=1S/C26H28N8O2/c1-32-7-6-24(31-32)30-26(36)21-5-4-19(15-28-21)34-10-8-33(9-11-34)16-17-12-23-22(27-14-17)13-20(18-2-3-18)25(35)29-23/h4-7,12-15,18H,2-3,8-11,16H2,1H3,(H,29,35)(H,30,31,36). The minimum absolute atomic E-state index is 0.0198. The molecule has 2 fully saturated rings. The quantitative estimate of drug-likeness (QED) is 0.432. The number of amides is 1. The first-order valence-electron chi connectivity index (χ1n) is 12.3. The van der Waals surface area contributed by atoms with E-state index >= 15 is 0 Å². The number of carbonyl (C=O) groups excluding carboxylic acids is 1. The molecule has 0 bridgehead atoms. The molecule has 1 saturated heterocycles. The Morgan fingerprint density at radius 1 is 1.08 bits per heavy atom. The molecule has 0 aromatic carbocycles. The fourth-order valence-corrected chi connectivity index (χ4v) is 4.72. The zero-order chi connectivity index (χ0) is 24.6. The van der Waals surface area contributed by atoms with E-state index in [0.717, 1.165) is 73.4 Å². The summed E-state index contributed by atoms with van der Waals surface area (Å²) in [7, 11) is 1.80. The van der Waals surface area contributed by atoms with E-state index in [2.05, 4.69) is 35.2 Å². The number of aromatic amines is 1. The Hall–Kier alpha value is -4.05. The fraction of sp³-hybridized carbons (Fsp3) is 0.346. The van der Waals surface area contributed by atoms with Crippen molar-refractivity contribution in [2.75, 3.05) is 36.4 Å². The van der Waals surface area contributed by atoms with Gasteiger partial charge in [-0.15, -0.1) is 0 Å². The Kier molecular flexibility index (Phi) is 5.73. The SMILES string of the molecule is Cn1ccc(NC(=O)c2ccc(N3CCN(Cc4cnc5cc(C6CC6)c(=O)[nH]c5c4)CC3)cn2)n1. The van der Waals surface area contributed by atoms with Gasteiger partial charge in [0.2, 0.25) is 0 Å². The number of rotatable bonds is 6. The van der Waals surface area contributed by atoms with Crippen molar-refractivity contribution in [2.24, 2.45) is 7.05 Å². The lowest BCUT2D eigenvalue weighted by atomic mass is 10.1. The maximum absolute atomic E-state index is 12.4. The zero-order valence-corrected chi connectivity index (χ0v) is 20.1. The molecule has 1 aliphatic carbocycles. The molecule has 6 rings (SSSR count). The van der Waals surface area contributed by atoms with E-state index < -0.39 is 0 Å². The molecule has 4 aromatic rings. The first-order valence-corrected chi connectivity index (χ1v) is 12.3. The number of aryl methyl sites for hydroxylation is 1. The van der Waals surface area contributed by atoms with Gasteiger partial charge in [-0.25, -0.2) is 4.98 Å². The Bertz CT molecular complexity index is 1460. The third-order valence-electron chi connectivity index (χ3n) is 6.87. The highest BCUT2D eigenvalue weighted by atomic mass is 16.2. The maximum atomic E-state index is 12.4. The van der Waals surface area contributed by atoms with Gasteiger partial charge in [0.05, 0.1) is 22.9 Å². The van der Waals surface area contributed by atoms with Crippen LogP contribution in [0.1, 0.15) is 40.4 Å². The van der Waals surface area contributed by atoms with Crippen molar-refractivity contribution in [1.82, 2.24) is 29.6 Å². The molecule has 10 heteroatoms. The van der Waals surface area contributed by atoms with Gasteiger partial charge in [-0.3, -0.25) is 24.2 Å². The average molecular weight is 485 g/mol. The van der Waals surface area contributed by atoms with Crippen molar-refractivity contribution >= 4 is 28.4 Å². The number of H-pyrrole nitrogens is 1. The molecule has 1 aliphatic heterocycles. The van der Waals surface area contributed by atoms with Gasteiger partial charge >= 0.3 is 0 Å². The molecule has 0 spiro atoms. The lowest BCUT2D eigenvalue weighted by Gasteiger charge is -2.36. The number of carbonyl (C=O) groups is 1. The van der Waals surface area contributed by atoms with Gasteiger partial charge in [-0.05, 0) is 48.6 Å². The molecular formula is C26H28N8O2. The van der Waals surface area contributed by atoms with E-state index in [-0.39, 0.29) is 11.5 Å². The lowest BCUT2D eigenvalue weighted by molar-refractivity contribution is 0.102. The summed E-state index contributed by atoms with van der Waals surface area (Å²) >= 11 is 0. The summed E-state index contributed by atoms with van der Waals surface area (Å²) in [4.78, 5) is 41.5. The molecule has 10 nitrogen and oxygen atoms in total. The fourth-order valence-electron chi connectivity index (χ4n) is 4.72. The van der Waals surface area contributed by atoms with Gasteiger partial charge in [0.1, 0.15) is 5.69 Å². The Labute approximate surface area is 208 Å². The topological polar surface area (TPSA) is 112 Å². The first kappa shape index (κ1) is 22.4. The summed E-state index contributed by atoms with van der Waals surface area (Å²) in [5.41, 5.74) is 5.00. The van der Waals surface area contributed by atoms with Crippen molar-refractivity contribution in [1.29, 1.82) is 0 Å². The van der Waals surface area contributed by atoms with Gasteiger partial charge in [0.25, 0.3) is 11.5 Å². The van der Waals surface area contributed by atoms with Crippen LogP contribution in [0.4, 0.5) is 11.5 Å². The van der Waals surface area contributed by atoms with E-state index in [1.165, 1.54) is 0 Å². The number of nitrogens with zero attached hydrogens (tertiary/aromatic N) is 6. The zero-order valence-electron chi connectivity index (χ0n) is 20.1. The van der Waals surface area contributed by atoms with E-state index in [9.17, 15) is 9.59 Å². The van der Waals surface area contributed by atoms with Crippen LogP contribution in [-0.4, -0.2) is 61.7 Å². The van der Waals surface area contributed by atoms with Crippen LogP contribution >= 0.6 is 0 Å². The molecular weight excluding hydrogens is 456 g/mol. The van der Waals surface area contributed by atoms with Crippen molar-refractivity contribution in [3.63, 3.8) is 0 Å². The molecule has 1 amide bonds. The number of hydrogen-bond acceptors (Lipinski definition) is 7. The molecule has 4 aromatic heterocycles.